The maximum Gasteiger partial charge on any atom is 0.265 e. The summed E-state index contributed by atoms with van der Waals surface area (Å²) in [6.45, 7) is 8.65. The SMILES string of the molecule is C[C@@H]1C[C@H](C)CN(S(=O)(=O)c2ccc(C(=O)NN3CCN(C)CC3)cc2)C1. The van der Waals surface area contributed by atoms with Gasteiger partial charge in [-0.15, -0.1) is 0 Å². The quantitative estimate of drug-likeness (QED) is 0.832. The van der Waals surface area contributed by atoms with Crippen molar-refractivity contribution in [1.29, 1.82) is 0 Å². The molecule has 0 spiro atoms. The highest BCUT2D eigenvalue weighted by molar-refractivity contribution is 7.89. The number of nitrogens with one attached hydrogen (secondary N) is 1. The molecule has 2 aliphatic heterocycles. The average molecular weight is 395 g/mol. The lowest BCUT2D eigenvalue weighted by Crippen LogP contribution is -2.52. The fourth-order valence-corrected chi connectivity index (χ4v) is 5.54. The molecule has 2 saturated heterocycles. The predicted octanol–water partition coefficient (Wildman–Crippen LogP) is 1.25. The number of benzene rings is 1. The molecular weight excluding hydrogens is 364 g/mol. The Labute approximate surface area is 162 Å². The van der Waals surface area contributed by atoms with Crippen LogP contribution >= 0.6 is 0 Å². The molecule has 150 valence electrons. The van der Waals surface area contributed by atoms with Crippen LogP contribution in [0.15, 0.2) is 29.2 Å². The molecule has 1 N–H and O–H groups in total. The number of rotatable bonds is 4. The molecule has 7 nitrogen and oxygen atoms in total. The second kappa shape index (κ2) is 8.26. The lowest BCUT2D eigenvalue weighted by atomic mass is 9.94. The van der Waals surface area contributed by atoms with Crippen molar-refractivity contribution >= 4 is 15.9 Å². The van der Waals surface area contributed by atoms with E-state index in [1.807, 2.05) is 5.01 Å². The third-order valence-corrected chi connectivity index (χ3v) is 7.20. The number of piperidine rings is 1. The van der Waals surface area contributed by atoms with Crippen molar-refractivity contribution in [3.63, 3.8) is 0 Å². The van der Waals surface area contributed by atoms with Gasteiger partial charge in [0.15, 0.2) is 0 Å². The van der Waals surface area contributed by atoms with E-state index in [-0.39, 0.29) is 10.8 Å². The predicted molar refractivity (Wildman–Crippen MR) is 105 cm³/mol. The smallest absolute Gasteiger partial charge is 0.265 e. The van der Waals surface area contributed by atoms with Crippen molar-refractivity contribution in [2.75, 3.05) is 46.3 Å². The minimum absolute atomic E-state index is 0.205. The van der Waals surface area contributed by atoms with E-state index in [4.69, 9.17) is 0 Å². The number of carbonyl (C=O) groups is 1. The summed E-state index contributed by atoms with van der Waals surface area (Å²) in [6, 6.07) is 6.26. The Morgan fingerprint density at radius 1 is 1.00 bits per heavy atom. The van der Waals surface area contributed by atoms with Gasteiger partial charge in [-0.25, -0.2) is 13.4 Å². The van der Waals surface area contributed by atoms with Crippen LogP contribution in [0.1, 0.15) is 30.6 Å². The largest absolute Gasteiger partial charge is 0.304 e. The maximum absolute atomic E-state index is 12.9. The summed E-state index contributed by atoms with van der Waals surface area (Å²) in [4.78, 5) is 14.9. The van der Waals surface area contributed by atoms with Gasteiger partial charge in [-0.2, -0.15) is 4.31 Å². The van der Waals surface area contributed by atoms with Gasteiger partial charge in [-0.3, -0.25) is 10.2 Å². The highest BCUT2D eigenvalue weighted by Crippen LogP contribution is 2.26. The zero-order chi connectivity index (χ0) is 19.6. The van der Waals surface area contributed by atoms with E-state index in [9.17, 15) is 13.2 Å². The minimum Gasteiger partial charge on any atom is -0.304 e. The molecule has 0 aliphatic carbocycles. The van der Waals surface area contributed by atoms with E-state index in [2.05, 4.69) is 31.2 Å². The first kappa shape index (κ1) is 20.3. The molecule has 0 bridgehead atoms. The van der Waals surface area contributed by atoms with E-state index in [1.165, 1.54) is 12.1 Å². The molecule has 1 amide bonds. The fourth-order valence-electron chi connectivity index (χ4n) is 3.86. The van der Waals surface area contributed by atoms with E-state index in [0.717, 1.165) is 32.6 Å². The maximum atomic E-state index is 12.9. The third kappa shape index (κ3) is 4.87. The van der Waals surface area contributed by atoms with Crippen molar-refractivity contribution in [2.24, 2.45) is 11.8 Å². The molecular formula is C19H30N4O3S. The molecule has 8 heteroatoms. The van der Waals surface area contributed by atoms with Crippen molar-refractivity contribution in [2.45, 2.75) is 25.2 Å². The zero-order valence-electron chi connectivity index (χ0n) is 16.4. The summed E-state index contributed by atoms with van der Waals surface area (Å²) >= 11 is 0. The average Bonchev–Trinajstić information content (AvgIpc) is 2.63. The van der Waals surface area contributed by atoms with Crippen LogP contribution in [0, 0.1) is 11.8 Å². The Balaban J connectivity index is 1.66. The Hall–Kier alpha value is -1.48. The number of hydrazine groups is 1. The van der Waals surface area contributed by atoms with Gasteiger partial charge in [0.1, 0.15) is 0 Å². The number of hydrogen-bond acceptors (Lipinski definition) is 5. The first-order chi connectivity index (χ1) is 12.8. The molecule has 2 heterocycles. The van der Waals surface area contributed by atoms with Crippen molar-refractivity contribution in [1.82, 2.24) is 19.6 Å². The van der Waals surface area contributed by atoms with Crippen LogP contribution in [-0.4, -0.2) is 74.9 Å². The van der Waals surface area contributed by atoms with E-state index >= 15 is 0 Å². The standard InChI is InChI=1S/C19H30N4O3S/c1-15-12-16(2)14-23(13-15)27(25,26)18-6-4-17(5-7-18)19(24)20-22-10-8-21(3)9-11-22/h4-7,15-16H,8-14H2,1-3H3,(H,20,24)/t15-,16+. The van der Waals surface area contributed by atoms with E-state index in [1.54, 1.807) is 16.4 Å². The summed E-state index contributed by atoms with van der Waals surface area (Å²) in [5, 5.41) is 1.91. The Morgan fingerprint density at radius 2 is 1.56 bits per heavy atom. The molecule has 27 heavy (non-hydrogen) atoms. The molecule has 3 rings (SSSR count). The molecule has 0 unspecified atom stereocenters. The van der Waals surface area contributed by atoms with E-state index < -0.39 is 10.0 Å². The molecule has 1 aromatic carbocycles. The van der Waals surface area contributed by atoms with Gasteiger partial charge in [0.05, 0.1) is 4.90 Å². The summed E-state index contributed by atoms with van der Waals surface area (Å²) in [5.74, 6) is 0.512. The van der Waals surface area contributed by atoms with Crippen LogP contribution in [-0.2, 0) is 10.0 Å². The van der Waals surface area contributed by atoms with Crippen molar-refractivity contribution < 1.29 is 13.2 Å². The topological polar surface area (TPSA) is 73.0 Å². The van der Waals surface area contributed by atoms with Crippen LogP contribution in [0.5, 0.6) is 0 Å². The lowest BCUT2D eigenvalue weighted by molar-refractivity contribution is 0.0662. The van der Waals surface area contributed by atoms with Gasteiger partial charge in [0, 0.05) is 44.8 Å². The van der Waals surface area contributed by atoms with Crippen LogP contribution in [0.4, 0.5) is 0 Å². The highest BCUT2D eigenvalue weighted by Gasteiger charge is 2.31. The Morgan fingerprint density at radius 3 is 2.11 bits per heavy atom. The van der Waals surface area contributed by atoms with Gasteiger partial charge < -0.3 is 4.90 Å². The fraction of sp³-hybridized carbons (Fsp3) is 0.632. The molecule has 0 aromatic heterocycles. The molecule has 2 atom stereocenters. The van der Waals surface area contributed by atoms with Gasteiger partial charge in [-0.1, -0.05) is 13.8 Å². The van der Waals surface area contributed by atoms with Crippen LogP contribution in [0.3, 0.4) is 0 Å². The second-order valence-electron chi connectivity index (χ2n) is 8.02. The lowest BCUT2D eigenvalue weighted by Gasteiger charge is -2.34. The molecule has 0 saturated carbocycles. The molecule has 2 fully saturated rings. The monoisotopic (exact) mass is 394 g/mol. The first-order valence-electron chi connectivity index (χ1n) is 9.60. The third-order valence-electron chi connectivity index (χ3n) is 5.35. The number of amides is 1. The number of sulfonamides is 1. The van der Waals surface area contributed by atoms with Gasteiger partial charge in [0.25, 0.3) is 5.91 Å². The number of likely N-dealkylation sites (N-methyl/N-ethyl adjacent to an activating group) is 1. The summed E-state index contributed by atoms with van der Waals surface area (Å²) in [7, 11) is -1.46. The normalized spacial score (nSPS) is 26.0. The zero-order valence-corrected chi connectivity index (χ0v) is 17.2. The van der Waals surface area contributed by atoms with Crippen LogP contribution in [0.25, 0.3) is 0 Å². The minimum atomic E-state index is -3.52. The molecule has 1 aromatic rings. The number of nitrogens with zero attached hydrogens (tertiary/aromatic N) is 3. The van der Waals surface area contributed by atoms with Crippen LogP contribution in [0.2, 0.25) is 0 Å². The summed E-state index contributed by atoms with van der Waals surface area (Å²) < 4.78 is 27.4. The van der Waals surface area contributed by atoms with Crippen molar-refractivity contribution in [3.05, 3.63) is 29.8 Å². The Bertz CT molecular complexity index is 748. The first-order valence-corrected chi connectivity index (χ1v) is 11.0. The summed E-state index contributed by atoms with van der Waals surface area (Å²) in [6.07, 6.45) is 1.05. The van der Waals surface area contributed by atoms with Gasteiger partial charge in [-0.05, 0) is 49.6 Å². The van der Waals surface area contributed by atoms with Crippen molar-refractivity contribution in [3.8, 4) is 0 Å². The Kier molecular flexibility index (Phi) is 6.20. The number of piperazine rings is 1. The highest BCUT2D eigenvalue weighted by atomic mass is 32.2. The summed E-state index contributed by atoms with van der Waals surface area (Å²) in [5.41, 5.74) is 3.36. The molecule has 0 radical (unpaired) electrons. The van der Waals surface area contributed by atoms with Crippen LogP contribution < -0.4 is 5.43 Å². The second-order valence-corrected chi connectivity index (χ2v) is 9.96. The van der Waals surface area contributed by atoms with E-state index in [0.29, 0.717) is 30.5 Å². The number of carbonyl (C=O) groups excluding carboxylic acids is 1. The molecule has 2 aliphatic rings. The van der Waals surface area contributed by atoms with Gasteiger partial charge in [0.2, 0.25) is 10.0 Å². The van der Waals surface area contributed by atoms with Gasteiger partial charge >= 0.3 is 0 Å². The number of hydrogen-bond donors (Lipinski definition) is 1.